The van der Waals surface area contributed by atoms with E-state index in [4.69, 9.17) is 4.74 Å². The molecule has 2 rings (SSSR count). The molecule has 0 radical (unpaired) electrons. The number of aromatic nitrogens is 3. The van der Waals surface area contributed by atoms with Crippen LogP contribution in [0, 0.1) is 0 Å². The molecule has 0 aliphatic carbocycles. The van der Waals surface area contributed by atoms with Crippen LogP contribution in [0.1, 0.15) is 0 Å². The summed E-state index contributed by atoms with van der Waals surface area (Å²) in [5.41, 5.74) is 1.31. The lowest BCUT2D eigenvalue weighted by Crippen LogP contribution is -2.15. The molecule has 0 bridgehead atoms. The molecule has 0 aliphatic heterocycles. The Bertz CT molecular complexity index is 533. The van der Waals surface area contributed by atoms with E-state index in [1.807, 2.05) is 0 Å². The van der Waals surface area contributed by atoms with E-state index in [1.165, 1.54) is 17.7 Å². The van der Waals surface area contributed by atoms with Gasteiger partial charge in [0.15, 0.2) is 0 Å². The van der Waals surface area contributed by atoms with Crippen molar-refractivity contribution in [3.05, 3.63) is 28.7 Å². The second-order valence-corrected chi connectivity index (χ2v) is 2.86. The lowest BCUT2D eigenvalue weighted by Gasteiger charge is -2.03. The molecular weight excluding hydrogens is 182 g/mol. The molecule has 0 N–H and O–H groups in total. The first kappa shape index (κ1) is 8.68. The van der Waals surface area contributed by atoms with E-state index in [-0.39, 0.29) is 5.56 Å². The highest BCUT2D eigenvalue weighted by molar-refractivity contribution is 5.73. The van der Waals surface area contributed by atoms with Gasteiger partial charge in [0, 0.05) is 13.1 Å². The SMILES string of the molecule is COc1ncc2c(ccc(=O)n2C)n1. The van der Waals surface area contributed by atoms with Crippen molar-refractivity contribution in [2.45, 2.75) is 0 Å². The first-order valence-electron chi connectivity index (χ1n) is 4.09. The lowest BCUT2D eigenvalue weighted by atomic mass is 10.3. The minimum absolute atomic E-state index is 0.0775. The molecule has 0 spiro atoms. The van der Waals surface area contributed by atoms with Crippen LogP contribution in [0.5, 0.6) is 6.01 Å². The molecule has 0 aliphatic rings. The Kier molecular flexibility index (Phi) is 1.92. The third-order valence-corrected chi connectivity index (χ3v) is 2.03. The predicted molar refractivity (Wildman–Crippen MR) is 51.3 cm³/mol. The minimum Gasteiger partial charge on any atom is -0.467 e. The monoisotopic (exact) mass is 191 g/mol. The van der Waals surface area contributed by atoms with Gasteiger partial charge in [-0.2, -0.15) is 4.98 Å². The maximum atomic E-state index is 11.3. The molecule has 5 nitrogen and oxygen atoms in total. The third-order valence-electron chi connectivity index (χ3n) is 2.03. The van der Waals surface area contributed by atoms with Gasteiger partial charge in [-0.05, 0) is 6.07 Å². The van der Waals surface area contributed by atoms with E-state index in [0.29, 0.717) is 17.0 Å². The summed E-state index contributed by atoms with van der Waals surface area (Å²) in [5.74, 6) is 0. The van der Waals surface area contributed by atoms with Gasteiger partial charge < -0.3 is 9.30 Å². The van der Waals surface area contributed by atoms with Gasteiger partial charge in [0.2, 0.25) is 0 Å². The van der Waals surface area contributed by atoms with Gasteiger partial charge >= 0.3 is 6.01 Å². The summed E-state index contributed by atoms with van der Waals surface area (Å²) >= 11 is 0. The van der Waals surface area contributed by atoms with Crippen LogP contribution in [0.3, 0.4) is 0 Å². The number of hydrogen-bond acceptors (Lipinski definition) is 4. The Morgan fingerprint density at radius 3 is 2.93 bits per heavy atom. The number of rotatable bonds is 1. The zero-order valence-electron chi connectivity index (χ0n) is 7.89. The van der Waals surface area contributed by atoms with E-state index in [1.54, 1.807) is 19.3 Å². The highest BCUT2D eigenvalue weighted by atomic mass is 16.5. The number of pyridine rings is 1. The number of ether oxygens (including phenoxy) is 1. The number of hydrogen-bond donors (Lipinski definition) is 0. The molecule has 0 atom stereocenters. The Balaban J connectivity index is 2.81. The Hall–Kier alpha value is -1.91. The lowest BCUT2D eigenvalue weighted by molar-refractivity contribution is 0.381. The zero-order chi connectivity index (χ0) is 10.1. The highest BCUT2D eigenvalue weighted by Gasteiger charge is 2.02. The molecule has 2 aromatic rings. The van der Waals surface area contributed by atoms with Gasteiger partial charge in [-0.25, -0.2) is 4.98 Å². The van der Waals surface area contributed by atoms with Crippen LogP contribution >= 0.6 is 0 Å². The van der Waals surface area contributed by atoms with Crippen LogP contribution in [0.2, 0.25) is 0 Å². The standard InChI is InChI=1S/C9H9N3O2/c1-12-7-5-10-9(14-2)11-6(7)3-4-8(12)13/h3-5H,1-2H3. The molecule has 0 amide bonds. The smallest absolute Gasteiger partial charge is 0.316 e. The second kappa shape index (κ2) is 3.10. The summed E-state index contributed by atoms with van der Waals surface area (Å²) in [6, 6.07) is 3.42. The van der Waals surface area contributed by atoms with Crippen molar-refractivity contribution in [2.75, 3.05) is 7.11 Å². The fourth-order valence-corrected chi connectivity index (χ4v) is 1.23. The van der Waals surface area contributed by atoms with Crippen LogP contribution in [0.25, 0.3) is 11.0 Å². The fraction of sp³-hybridized carbons (Fsp3) is 0.222. The largest absolute Gasteiger partial charge is 0.467 e. The molecule has 0 saturated heterocycles. The van der Waals surface area contributed by atoms with E-state index in [2.05, 4.69) is 9.97 Å². The van der Waals surface area contributed by atoms with Gasteiger partial charge in [0.1, 0.15) is 0 Å². The van der Waals surface area contributed by atoms with Crippen molar-refractivity contribution in [1.82, 2.24) is 14.5 Å². The summed E-state index contributed by atoms with van der Waals surface area (Å²) in [4.78, 5) is 19.3. The van der Waals surface area contributed by atoms with Crippen LogP contribution in [-0.2, 0) is 7.05 Å². The molecule has 0 saturated carbocycles. The minimum atomic E-state index is -0.0775. The summed E-state index contributed by atoms with van der Waals surface area (Å²) in [6.07, 6.45) is 1.57. The zero-order valence-corrected chi connectivity index (χ0v) is 7.89. The second-order valence-electron chi connectivity index (χ2n) is 2.86. The Morgan fingerprint density at radius 1 is 1.43 bits per heavy atom. The maximum absolute atomic E-state index is 11.3. The van der Waals surface area contributed by atoms with Crippen molar-refractivity contribution in [3.8, 4) is 6.01 Å². The number of nitrogens with zero attached hydrogens (tertiary/aromatic N) is 3. The van der Waals surface area contributed by atoms with Crippen LogP contribution < -0.4 is 10.3 Å². The highest BCUT2D eigenvalue weighted by Crippen LogP contribution is 2.10. The third kappa shape index (κ3) is 1.22. The molecule has 14 heavy (non-hydrogen) atoms. The average molecular weight is 191 g/mol. The van der Waals surface area contributed by atoms with Crippen LogP contribution in [0.15, 0.2) is 23.1 Å². The first-order valence-corrected chi connectivity index (χ1v) is 4.09. The molecule has 0 fully saturated rings. The average Bonchev–Trinajstić information content (AvgIpc) is 2.23. The first-order chi connectivity index (χ1) is 6.72. The number of methoxy groups -OCH3 is 1. The molecule has 2 aromatic heterocycles. The Morgan fingerprint density at radius 2 is 2.21 bits per heavy atom. The van der Waals surface area contributed by atoms with Crippen LogP contribution in [-0.4, -0.2) is 21.6 Å². The molecule has 2 heterocycles. The molecule has 0 unspecified atom stereocenters. The number of aryl methyl sites for hydroxylation is 1. The van der Waals surface area contributed by atoms with Gasteiger partial charge in [0.05, 0.1) is 24.3 Å². The van der Waals surface area contributed by atoms with Crippen molar-refractivity contribution in [3.63, 3.8) is 0 Å². The van der Waals surface area contributed by atoms with E-state index in [9.17, 15) is 4.79 Å². The summed E-state index contributed by atoms with van der Waals surface area (Å²) in [7, 11) is 3.18. The Labute approximate surface area is 80.0 Å². The van der Waals surface area contributed by atoms with Gasteiger partial charge in [0.25, 0.3) is 5.56 Å². The van der Waals surface area contributed by atoms with Gasteiger partial charge in [-0.15, -0.1) is 0 Å². The van der Waals surface area contributed by atoms with E-state index >= 15 is 0 Å². The molecule has 0 aromatic carbocycles. The summed E-state index contributed by atoms with van der Waals surface area (Å²) < 4.78 is 6.38. The normalized spacial score (nSPS) is 10.4. The summed E-state index contributed by atoms with van der Waals surface area (Å²) in [5, 5.41) is 0. The van der Waals surface area contributed by atoms with Gasteiger partial charge in [-0.1, -0.05) is 0 Å². The van der Waals surface area contributed by atoms with Crippen molar-refractivity contribution in [2.24, 2.45) is 7.05 Å². The summed E-state index contributed by atoms with van der Waals surface area (Å²) in [6.45, 7) is 0. The maximum Gasteiger partial charge on any atom is 0.316 e. The fourth-order valence-electron chi connectivity index (χ4n) is 1.23. The van der Waals surface area contributed by atoms with Crippen LogP contribution in [0.4, 0.5) is 0 Å². The quantitative estimate of drug-likeness (QED) is 0.652. The predicted octanol–water partition coefficient (Wildman–Crippen LogP) is 0.337. The van der Waals surface area contributed by atoms with E-state index in [0.717, 1.165) is 0 Å². The van der Waals surface area contributed by atoms with E-state index < -0.39 is 0 Å². The topological polar surface area (TPSA) is 57.0 Å². The molecule has 5 heteroatoms. The van der Waals surface area contributed by atoms with Crippen molar-refractivity contribution >= 4 is 11.0 Å². The van der Waals surface area contributed by atoms with Crippen molar-refractivity contribution < 1.29 is 4.74 Å². The van der Waals surface area contributed by atoms with Crippen molar-refractivity contribution in [1.29, 1.82) is 0 Å². The molecular formula is C9H9N3O2. The molecule has 72 valence electrons. The number of fused-ring (bicyclic) bond motifs is 1. The van der Waals surface area contributed by atoms with Gasteiger partial charge in [-0.3, -0.25) is 4.79 Å².